The standard InChI is InChI=1S/C30H31N5O4/c1-6-20(28(37)38)14-19-8-7-9-22(15-19)27(36)33-25-12-13-26-31-24(17-35(26)34-25)21-11-10-18(2)23(16-21)32-29(39)30(3,4)5/h7-17H,6H2,1-5H3,(H,32,39)(H,37,38)(H,33,34,36). The molecular formula is C30H31N5O4. The highest BCUT2D eigenvalue weighted by Crippen LogP contribution is 2.27. The van der Waals surface area contributed by atoms with Gasteiger partial charge < -0.3 is 15.7 Å². The Labute approximate surface area is 226 Å². The lowest BCUT2D eigenvalue weighted by molar-refractivity contribution is -0.132. The Morgan fingerprint density at radius 2 is 1.79 bits per heavy atom. The molecule has 0 radical (unpaired) electrons. The van der Waals surface area contributed by atoms with Gasteiger partial charge in [-0.1, -0.05) is 52.0 Å². The van der Waals surface area contributed by atoms with Crippen LogP contribution in [0.2, 0.25) is 0 Å². The molecule has 0 aliphatic rings. The maximum absolute atomic E-state index is 12.9. The van der Waals surface area contributed by atoms with Crippen LogP contribution in [-0.2, 0) is 9.59 Å². The minimum Gasteiger partial charge on any atom is -0.478 e. The van der Waals surface area contributed by atoms with Crippen LogP contribution in [0.15, 0.2) is 66.4 Å². The lowest BCUT2D eigenvalue weighted by Gasteiger charge is -2.19. The number of carbonyl (C=O) groups excluding carboxylic acids is 2. The zero-order chi connectivity index (χ0) is 28.3. The maximum Gasteiger partial charge on any atom is 0.331 e. The molecule has 0 bridgehead atoms. The number of carboxylic acid groups (broad SMARTS) is 1. The predicted molar refractivity (Wildman–Crippen MR) is 152 cm³/mol. The number of aromatic nitrogens is 3. The molecule has 2 amide bonds. The number of rotatable bonds is 7. The van der Waals surface area contributed by atoms with Crippen molar-refractivity contribution in [2.45, 2.75) is 41.0 Å². The van der Waals surface area contributed by atoms with Gasteiger partial charge in [0.25, 0.3) is 5.91 Å². The van der Waals surface area contributed by atoms with E-state index in [1.54, 1.807) is 60.1 Å². The smallest absolute Gasteiger partial charge is 0.331 e. The molecule has 2 aromatic heterocycles. The molecule has 9 heteroatoms. The van der Waals surface area contributed by atoms with Crippen LogP contribution >= 0.6 is 0 Å². The van der Waals surface area contributed by atoms with E-state index in [1.807, 2.05) is 45.9 Å². The second-order valence-corrected chi connectivity index (χ2v) is 10.3. The zero-order valence-electron chi connectivity index (χ0n) is 22.6. The van der Waals surface area contributed by atoms with Crippen molar-refractivity contribution in [2.75, 3.05) is 10.6 Å². The Hall–Kier alpha value is -4.79. The number of aliphatic carboxylic acids is 1. The second kappa shape index (κ2) is 10.9. The second-order valence-electron chi connectivity index (χ2n) is 10.3. The summed E-state index contributed by atoms with van der Waals surface area (Å²) in [6.45, 7) is 9.29. The summed E-state index contributed by atoms with van der Waals surface area (Å²) < 4.78 is 1.58. The largest absolute Gasteiger partial charge is 0.478 e. The molecule has 0 fully saturated rings. The first kappa shape index (κ1) is 27.3. The van der Waals surface area contributed by atoms with Crippen molar-refractivity contribution in [3.05, 3.63) is 83.1 Å². The molecule has 39 heavy (non-hydrogen) atoms. The van der Waals surface area contributed by atoms with E-state index in [0.717, 1.165) is 16.8 Å². The average Bonchev–Trinajstić information content (AvgIpc) is 3.31. The Balaban J connectivity index is 1.56. The fourth-order valence-electron chi connectivity index (χ4n) is 3.79. The number of nitrogens with zero attached hydrogens (tertiary/aromatic N) is 3. The number of hydrogen-bond acceptors (Lipinski definition) is 5. The molecule has 0 saturated heterocycles. The van der Waals surface area contributed by atoms with Crippen molar-refractivity contribution in [1.82, 2.24) is 14.6 Å². The molecule has 3 N–H and O–H groups in total. The number of nitrogens with one attached hydrogen (secondary N) is 2. The molecule has 0 atom stereocenters. The third kappa shape index (κ3) is 6.38. The Morgan fingerprint density at radius 3 is 2.49 bits per heavy atom. The molecule has 0 unspecified atom stereocenters. The minimum atomic E-state index is -0.985. The van der Waals surface area contributed by atoms with Gasteiger partial charge in [-0.3, -0.25) is 9.59 Å². The first-order valence-corrected chi connectivity index (χ1v) is 12.6. The number of anilines is 2. The molecule has 0 saturated carbocycles. The number of carbonyl (C=O) groups is 3. The molecule has 2 aromatic carbocycles. The highest BCUT2D eigenvalue weighted by molar-refractivity contribution is 6.04. The fraction of sp³-hybridized carbons (Fsp3) is 0.233. The molecule has 9 nitrogen and oxygen atoms in total. The van der Waals surface area contributed by atoms with Crippen LogP contribution < -0.4 is 10.6 Å². The van der Waals surface area contributed by atoms with E-state index < -0.39 is 11.4 Å². The summed E-state index contributed by atoms with van der Waals surface area (Å²) in [5, 5.41) is 19.5. The summed E-state index contributed by atoms with van der Waals surface area (Å²) in [5.74, 6) is -1.10. The van der Waals surface area contributed by atoms with Crippen molar-refractivity contribution >= 4 is 41.0 Å². The third-order valence-corrected chi connectivity index (χ3v) is 6.17. The molecule has 0 aliphatic heterocycles. The van der Waals surface area contributed by atoms with Gasteiger partial charge in [-0.15, -0.1) is 5.10 Å². The number of hydrogen-bond donors (Lipinski definition) is 3. The van der Waals surface area contributed by atoms with Crippen LogP contribution in [0.4, 0.5) is 11.5 Å². The van der Waals surface area contributed by atoms with E-state index in [0.29, 0.717) is 34.7 Å². The number of benzene rings is 2. The first-order chi connectivity index (χ1) is 18.4. The van der Waals surface area contributed by atoms with Crippen molar-refractivity contribution in [3.8, 4) is 11.3 Å². The van der Waals surface area contributed by atoms with Crippen molar-refractivity contribution in [2.24, 2.45) is 5.41 Å². The Kier molecular flexibility index (Phi) is 7.62. The molecule has 0 spiro atoms. The Bertz CT molecular complexity index is 1610. The van der Waals surface area contributed by atoms with E-state index in [2.05, 4.69) is 20.7 Å². The molecular weight excluding hydrogens is 494 g/mol. The SMILES string of the molecule is CCC(=Cc1cccc(C(=O)Nc2ccc3nc(-c4ccc(C)c(NC(=O)C(C)(C)C)c4)cn3n2)c1)C(=O)O. The molecule has 2 heterocycles. The molecule has 4 rings (SSSR count). The minimum absolute atomic E-state index is 0.0750. The monoisotopic (exact) mass is 525 g/mol. The number of fused-ring (bicyclic) bond motifs is 1. The van der Waals surface area contributed by atoms with Crippen LogP contribution in [0.25, 0.3) is 23.0 Å². The van der Waals surface area contributed by atoms with E-state index >= 15 is 0 Å². The van der Waals surface area contributed by atoms with Crippen LogP contribution in [-0.4, -0.2) is 37.5 Å². The number of aryl methyl sites for hydroxylation is 1. The quantitative estimate of drug-likeness (QED) is 0.261. The van der Waals surface area contributed by atoms with Crippen LogP contribution in [0.3, 0.4) is 0 Å². The van der Waals surface area contributed by atoms with Gasteiger partial charge in [0, 0.05) is 27.8 Å². The van der Waals surface area contributed by atoms with E-state index in [-0.39, 0.29) is 17.4 Å². The van der Waals surface area contributed by atoms with Gasteiger partial charge in [-0.25, -0.2) is 14.3 Å². The van der Waals surface area contributed by atoms with Crippen LogP contribution in [0.1, 0.15) is 55.6 Å². The van der Waals surface area contributed by atoms with Gasteiger partial charge >= 0.3 is 5.97 Å². The lowest BCUT2D eigenvalue weighted by atomic mass is 9.95. The van der Waals surface area contributed by atoms with Crippen molar-refractivity contribution in [3.63, 3.8) is 0 Å². The summed E-state index contributed by atoms with van der Waals surface area (Å²) in [7, 11) is 0. The van der Waals surface area contributed by atoms with E-state index in [9.17, 15) is 19.5 Å². The molecule has 4 aromatic rings. The highest BCUT2D eigenvalue weighted by Gasteiger charge is 2.22. The van der Waals surface area contributed by atoms with Gasteiger partial charge in [0.05, 0.1) is 11.9 Å². The fourth-order valence-corrected chi connectivity index (χ4v) is 3.79. The van der Waals surface area contributed by atoms with E-state index in [4.69, 9.17) is 0 Å². The summed E-state index contributed by atoms with van der Waals surface area (Å²) in [5.41, 5.74) is 4.48. The maximum atomic E-state index is 12.9. The Morgan fingerprint density at radius 1 is 1.03 bits per heavy atom. The average molecular weight is 526 g/mol. The van der Waals surface area contributed by atoms with Crippen LogP contribution in [0.5, 0.6) is 0 Å². The summed E-state index contributed by atoms with van der Waals surface area (Å²) in [6.07, 6.45) is 3.69. The number of carboxylic acids is 1. The predicted octanol–water partition coefficient (Wildman–Crippen LogP) is 5.82. The third-order valence-electron chi connectivity index (χ3n) is 6.17. The van der Waals surface area contributed by atoms with Gasteiger partial charge in [0.1, 0.15) is 0 Å². The van der Waals surface area contributed by atoms with Gasteiger partial charge in [0.15, 0.2) is 11.5 Å². The summed E-state index contributed by atoms with van der Waals surface area (Å²) in [4.78, 5) is 41.4. The normalized spacial score (nSPS) is 11.9. The zero-order valence-corrected chi connectivity index (χ0v) is 22.6. The number of amides is 2. The number of imidazole rings is 1. The summed E-state index contributed by atoms with van der Waals surface area (Å²) in [6, 6.07) is 15.9. The van der Waals surface area contributed by atoms with Gasteiger partial charge in [-0.2, -0.15) is 0 Å². The van der Waals surface area contributed by atoms with Crippen molar-refractivity contribution < 1.29 is 19.5 Å². The molecule has 0 aliphatic carbocycles. The summed E-state index contributed by atoms with van der Waals surface area (Å²) >= 11 is 0. The first-order valence-electron chi connectivity index (χ1n) is 12.6. The van der Waals surface area contributed by atoms with E-state index in [1.165, 1.54) is 0 Å². The van der Waals surface area contributed by atoms with Gasteiger partial charge in [0.2, 0.25) is 5.91 Å². The molecule has 200 valence electrons. The van der Waals surface area contributed by atoms with Crippen LogP contribution in [0, 0.1) is 12.3 Å². The topological polar surface area (TPSA) is 126 Å². The van der Waals surface area contributed by atoms with Crippen molar-refractivity contribution in [1.29, 1.82) is 0 Å². The lowest BCUT2D eigenvalue weighted by Crippen LogP contribution is -2.27. The van der Waals surface area contributed by atoms with Gasteiger partial charge in [-0.05, 0) is 60.9 Å². The highest BCUT2D eigenvalue weighted by atomic mass is 16.4.